The Morgan fingerprint density at radius 1 is 1.41 bits per heavy atom. The highest BCUT2D eigenvalue weighted by atomic mass is 35.5. The molecule has 6 heteroatoms. The van der Waals surface area contributed by atoms with Gasteiger partial charge in [-0.2, -0.15) is 0 Å². The van der Waals surface area contributed by atoms with Gasteiger partial charge < -0.3 is 10.4 Å². The third-order valence-electron chi connectivity index (χ3n) is 4.17. The Kier molecular flexibility index (Phi) is 5.80. The molecule has 1 fully saturated rings. The highest BCUT2D eigenvalue weighted by Gasteiger charge is 2.31. The van der Waals surface area contributed by atoms with Gasteiger partial charge in [-0.05, 0) is 49.5 Å². The van der Waals surface area contributed by atoms with Gasteiger partial charge in [0.2, 0.25) is 5.91 Å². The minimum atomic E-state index is -0.869. The summed E-state index contributed by atoms with van der Waals surface area (Å²) >= 11 is 5.97. The van der Waals surface area contributed by atoms with Crippen LogP contribution in [0.25, 0.3) is 0 Å². The van der Waals surface area contributed by atoms with Crippen molar-refractivity contribution in [3.05, 3.63) is 34.9 Å². The van der Waals surface area contributed by atoms with Gasteiger partial charge in [0.1, 0.15) is 6.04 Å². The van der Waals surface area contributed by atoms with Crippen LogP contribution >= 0.6 is 11.6 Å². The average Bonchev–Trinajstić information content (AvgIpc) is 2.49. The van der Waals surface area contributed by atoms with Crippen molar-refractivity contribution >= 4 is 23.5 Å². The normalized spacial score (nSPS) is 17.9. The molecule has 0 aromatic heterocycles. The number of amides is 1. The van der Waals surface area contributed by atoms with Gasteiger partial charge in [0, 0.05) is 18.5 Å². The summed E-state index contributed by atoms with van der Waals surface area (Å²) in [6, 6.07) is 6.32. The molecule has 0 aliphatic carbocycles. The first-order chi connectivity index (χ1) is 10.5. The van der Waals surface area contributed by atoms with Crippen LogP contribution in [-0.4, -0.2) is 42.0 Å². The zero-order chi connectivity index (χ0) is 16.1. The molecule has 0 radical (unpaired) electrons. The number of benzene rings is 1. The summed E-state index contributed by atoms with van der Waals surface area (Å²) in [6.07, 6.45) is 2.18. The minimum absolute atomic E-state index is 0.0445. The number of carboxylic acids is 1. The number of halogens is 1. The number of piperidine rings is 1. The van der Waals surface area contributed by atoms with E-state index in [1.165, 1.54) is 0 Å². The highest BCUT2D eigenvalue weighted by Crippen LogP contribution is 2.29. The van der Waals surface area contributed by atoms with E-state index in [-0.39, 0.29) is 5.91 Å². The Balaban J connectivity index is 2.03. The first kappa shape index (κ1) is 16.8. The number of carbonyl (C=O) groups is 2. The van der Waals surface area contributed by atoms with E-state index in [9.17, 15) is 14.7 Å². The van der Waals surface area contributed by atoms with Crippen molar-refractivity contribution in [3.8, 4) is 0 Å². The van der Waals surface area contributed by atoms with Crippen LogP contribution in [0.4, 0.5) is 0 Å². The van der Waals surface area contributed by atoms with E-state index in [2.05, 4.69) is 5.32 Å². The molecule has 1 aromatic rings. The Morgan fingerprint density at radius 3 is 2.64 bits per heavy atom. The number of rotatable bonds is 5. The molecule has 1 amide bonds. The second-order valence-electron chi connectivity index (χ2n) is 5.65. The molecular weight excluding hydrogens is 304 g/mol. The number of hydrogen-bond acceptors (Lipinski definition) is 3. The van der Waals surface area contributed by atoms with E-state index in [0.717, 1.165) is 12.8 Å². The Morgan fingerprint density at radius 2 is 2.09 bits per heavy atom. The zero-order valence-corrected chi connectivity index (χ0v) is 13.3. The van der Waals surface area contributed by atoms with Gasteiger partial charge >= 0.3 is 5.97 Å². The van der Waals surface area contributed by atoms with Crippen LogP contribution in [0.5, 0.6) is 0 Å². The molecule has 5 nitrogen and oxygen atoms in total. The largest absolute Gasteiger partial charge is 0.480 e. The third-order valence-corrected chi connectivity index (χ3v) is 4.40. The molecular formula is C16H21ClN2O3. The lowest BCUT2D eigenvalue weighted by molar-refractivity contribution is -0.144. The van der Waals surface area contributed by atoms with Crippen LogP contribution in [0.15, 0.2) is 24.3 Å². The number of carboxylic acid groups (broad SMARTS) is 1. The molecule has 1 aliphatic rings. The van der Waals surface area contributed by atoms with E-state index >= 15 is 0 Å². The lowest BCUT2D eigenvalue weighted by Crippen LogP contribution is -2.41. The van der Waals surface area contributed by atoms with E-state index in [1.807, 2.05) is 4.90 Å². The Bertz CT molecular complexity index is 542. The zero-order valence-electron chi connectivity index (χ0n) is 12.6. The van der Waals surface area contributed by atoms with Crippen molar-refractivity contribution in [3.63, 3.8) is 0 Å². The van der Waals surface area contributed by atoms with Crippen molar-refractivity contribution in [2.24, 2.45) is 5.92 Å². The monoisotopic (exact) mass is 324 g/mol. The van der Waals surface area contributed by atoms with Crippen molar-refractivity contribution in [1.29, 1.82) is 0 Å². The number of nitrogens with zero attached hydrogens (tertiary/aromatic N) is 1. The van der Waals surface area contributed by atoms with E-state index < -0.39 is 12.0 Å². The lowest BCUT2D eigenvalue weighted by Gasteiger charge is -2.35. The van der Waals surface area contributed by atoms with Crippen LogP contribution in [0.1, 0.15) is 30.9 Å². The number of hydrogen-bond donors (Lipinski definition) is 2. The fourth-order valence-corrected chi connectivity index (χ4v) is 3.16. The molecule has 2 N–H and O–H groups in total. The van der Waals surface area contributed by atoms with E-state index in [4.69, 9.17) is 11.6 Å². The molecule has 1 aliphatic heterocycles. The van der Waals surface area contributed by atoms with Crippen LogP contribution in [-0.2, 0) is 9.59 Å². The molecule has 1 heterocycles. The maximum atomic E-state index is 11.7. The maximum absolute atomic E-state index is 11.7. The second kappa shape index (κ2) is 7.61. The SMILES string of the molecule is CNC(=O)CC1CCN(C(C(=O)O)c2cccc(Cl)c2)CC1. The number of likely N-dealkylation sites (tertiary alicyclic amines) is 1. The minimum Gasteiger partial charge on any atom is -0.480 e. The molecule has 1 aromatic carbocycles. The summed E-state index contributed by atoms with van der Waals surface area (Å²) in [7, 11) is 1.64. The molecule has 120 valence electrons. The van der Waals surface area contributed by atoms with Crippen molar-refractivity contribution in [2.45, 2.75) is 25.3 Å². The molecule has 0 bridgehead atoms. The second-order valence-corrected chi connectivity index (χ2v) is 6.09. The van der Waals surface area contributed by atoms with Crippen LogP contribution in [0.2, 0.25) is 5.02 Å². The fraction of sp³-hybridized carbons (Fsp3) is 0.500. The van der Waals surface area contributed by atoms with Gasteiger partial charge in [0.25, 0.3) is 0 Å². The van der Waals surface area contributed by atoms with Gasteiger partial charge in [0.15, 0.2) is 0 Å². The first-order valence-corrected chi connectivity index (χ1v) is 7.82. The van der Waals surface area contributed by atoms with Gasteiger partial charge in [-0.25, -0.2) is 0 Å². The fourth-order valence-electron chi connectivity index (χ4n) is 2.97. The quantitative estimate of drug-likeness (QED) is 0.872. The standard InChI is InChI=1S/C16H21ClN2O3/c1-18-14(20)9-11-5-7-19(8-6-11)15(16(21)22)12-3-2-4-13(17)10-12/h2-4,10-11,15H,5-9H2,1H3,(H,18,20)(H,21,22). The van der Waals surface area contributed by atoms with E-state index in [0.29, 0.717) is 36.0 Å². The van der Waals surface area contributed by atoms with Gasteiger partial charge in [-0.1, -0.05) is 23.7 Å². The van der Waals surface area contributed by atoms with Crippen LogP contribution in [0.3, 0.4) is 0 Å². The summed E-state index contributed by atoms with van der Waals surface area (Å²) < 4.78 is 0. The summed E-state index contributed by atoms with van der Waals surface area (Å²) in [4.78, 5) is 25.0. The molecule has 1 saturated heterocycles. The summed E-state index contributed by atoms with van der Waals surface area (Å²) in [5, 5.41) is 12.7. The smallest absolute Gasteiger partial charge is 0.325 e. The van der Waals surface area contributed by atoms with Gasteiger partial charge in [0.05, 0.1) is 0 Å². The first-order valence-electron chi connectivity index (χ1n) is 7.44. The van der Waals surface area contributed by atoms with Crippen molar-refractivity contribution in [1.82, 2.24) is 10.2 Å². The molecule has 0 saturated carbocycles. The lowest BCUT2D eigenvalue weighted by atomic mass is 9.91. The summed E-state index contributed by atoms with van der Waals surface area (Å²) in [6.45, 7) is 1.34. The summed E-state index contributed by atoms with van der Waals surface area (Å²) in [5.41, 5.74) is 0.699. The number of carbonyl (C=O) groups excluding carboxylic acids is 1. The molecule has 2 rings (SSSR count). The van der Waals surface area contributed by atoms with Gasteiger partial charge in [-0.3, -0.25) is 14.5 Å². The maximum Gasteiger partial charge on any atom is 0.325 e. The van der Waals surface area contributed by atoms with Crippen molar-refractivity contribution in [2.75, 3.05) is 20.1 Å². The highest BCUT2D eigenvalue weighted by molar-refractivity contribution is 6.30. The molecule has 1 unspecified atom stereocenters. The van der Waals surface area contributed by atoms with Crippen LogP contribution in [0, 0.1) is 5.92 Å². The molecule has 0 spiro atoms. The predicted molar refractivity (Wildman–Crippen MR) is 84.8 cm³/mol. The van der Waals surface area contributed by atoms with Crippen molar-refractivity contribution < 1.29 is 14.7 Å². The molecule has 1 atom stereocenters. The Hall–Kier alpha value is -1.59. The van der Waals surface area contributed by atoms with Gasteiger partial charge in [-0.15, -0.1) is 0 Å². The van der Waals surface area contributed by atoms with Crippen LogP contribution < -0.4 is 5.32 Å². The summed E-state index contributed by atoms with van der Waals surface area (Å²) in [5.74, 6) is -0.500. The molecule has 22 heavy (non-hydrogen) atoms. The topological polar surface area (TPSA) is 69.6 Å². The Labute approximate surface area is 135 Å². The predicted octanol–water partition coefficient (Wildman–Crippen LogP) is 2.31. The third kappa shape index (κ3) is 4.21. The average molecular weight is 325 g/mol. The van der Waals surface area contributed by atoms with E-state index in [1.54, 1.807) is 31.3 Å². The number of aliphatic carboxylic acids is 1. The number of nitrogens with one attached hydrogen (secondary N) is 1.